The molecule has 152 valence electrons. The first-order chi connectivity index (χ1) is 14.5. The lowest BCUT2D eigenvalue weighted by Gasteiger charge is -2.11. The number of aryl methyl sites for hydroxylation is 2. The number of benzene rings is 2. The molecule has 0 fully saturated rings. The maximum Gasteiger partial charge on any atom is 0.266 e. The van der Waals surface area contributed by atoms with E-state index in [1.54, 1.807) is 18.2 Å². The molecule has 1 amide bonds. The van der Waals surface area contributed by atoms with E-state index >= 15 is 0 Å². The Morgan fingerprint density at radius 1 is 1.10 bits per heavy atom. The van der Waals surface area contributed by atoms with Gasteiger partial charge < -0.3 is 9.88 Å². The average Bonchev–Trinajstić information content (AvgIpc) is 3.04. The van der Waals surface area contributed by atoms with Gasteiger partial charge in [-0.1, -0.05) is 43.7 Å². The van der Waals surface area contributed by atoms with Gasteiger partial charge in [0.25, 0.3) is 5.91 Å². The van der Waals surface area contributed by atoms with E-state index in [4.69, 9.17) is 0 Å². The highest BCUT2D eigenvalue weighted by Crippen LogP contribution is 2.24. The third-order valence-electron chi connectivity index (χ3n) is 5.18. The topological polar surface area (TPSA) is 57.8 Å². The van der Waals surface area contributed by atoms with E-state index in [2.05, 4.69) is 41.1 Å². The largest absolute Gasteiger partial charge is 0.321 e. The first kappa shape index (κ1) is 21.1. The second-order valence-corrected chi connectivity index (χ2v) is 7.42. The van der Waals surface area contributed by atoms with E-state index < -0.39 is 5.91 Å². The number of carbonyl (C=O) groups is 1. The van der Waals surface area contributed by atoms with Gasteiger partial charge in [-0.3, -0.25) is 4.79 Å². The highest BCUT2D eigenvalue weighted by atomic mass is 16.1. The fourth-order valence-corrected chi connectivity index (χ4v) is 3.55. The predicted octanol–water partition coefficient (Wildman–Crippen LogP) is 5.98. The van der Waals surface area contributed by atoms with E-state index in [1.165, 1.54) is 18.4 Å². The fourth-order valence-electron chi connectivity index (χ4n) is 3.55. The van der Waals surface area contributed by atoms with Crippen LogP contribution in [0.3, 0.4) is 0 Å². The molecule has 1 heterocycles. The van der Waals surface area contributed by atoms with Crippen LogP contribution in [-0.2, 0) is 11.2 Å². The van der Waals surface area contributed by atoms with Crippen molar-refractivity contribution < 1.29 is 4.79 Å². The SMILES string of the molecule is CCCCc1ccc(-n2c(C)cc(/C=C(/C#N)C(=O)Nc3ccccc3)c2C)cc1. The quantitative estimate of drug-likeness (QED) is 0.394. The van der Waals surface area contributed by atoms with Gasteiger partial charge in [0.05, 0.1) is 0 Å². The number of aromatic nitrogens is 1. The van der Waals surface area contributed by atoms with Crippen molar-refractivity contribution in [2.45, 2.75) is 40.0 Å². The van der Waals surface area contributed by atoms with Crippen molar-refractivity contribution >= 4 is 17.7 Å². The number of nitrogens with one attached hydrogen (secondary N) is 1. The molecular formula is C26H27N3O. The highest BCUT2D eigenvalue weighted by molar-refractivity contribution is 6.09. The Balaban J connectivity index is 1.86. The molecule has 0 radical (unpaired) electrons. The van der Waals surface area contributed by atoms with Gasteiger partial charge in [-0.25, -0.2) is 0 Å². The van der Waals surface area contributed by atoms with Crippen molar-refractivity contribution in [1.82, 2.24) is 4.57 Å². The lowest BCUT2D eigenvalue weighted by molar-refractivity contribution is -0.112. The summed E-state index contributed by atoms with van der Waals surface area (Å²) in [6, 6.07) is 21.8. The molecule has 1 aromatic heterocycles. The zero-order valence-electron chi connectivity index (χ0n) is 17.8. The number of para-hydroxylation sites is 1. The number of nitriles is 1. The first-order valence-electron chi connectivity index (χ1n) is 10.3. The fraction of sp³-hybridized carbons (Fsp3) is 0.231. The van der Waals surface area contributed by atoms with Gasteiger partial charge in [-0.15, -0.1) is 0 Å². The van der Waals surface area contributed by atoms with Crippen LogP contribution in [0.15, 0.2) is 66.2 Å². The summed E-state index contributed by atoms with van der Waals surface area (Å²) in [5.74, 6) is -0.409. The minimum atomic E-state index is -0.409. The van der Waals surface area contributed by atoms with Crippen molar-refractivity contribution in [3.63, 3.8) is 0 Å². The zero-order valence-corrected chi connectivity index (χ0v) is 17.8. The molecule has 4 heteroatoms. The Morgan fingerprint density at radius 2 is 1.80 bits per heavy atom. The van der Waals surface area contributed by atoms with Crippen molar-refractivity contribution in [2.24, 2.45) is 0 Å². The summed E-state index contributed by atoms with van der Waals surface area (Å²) in [5, 5.41) is 12.3. The van der Waals surface area contributed by atoms with Gasteiger partial charge in [-0.05, 0) is 74.2 Å². The Morgan fingerprint density at radius 3 is 2.43 bits per heavy atom. The molecule has 1 N–H and O–H groups in total. The molecule has 2 aromatic carbocycles. The molecule has 0 aliphatic heterocycles. The van der Waals surface area contributed by atoms with Crippen LogP contribution in [0.2, 0.25) is 0 Å². The predicted molar refractivity (Wildman–Crippen MR) is 123 cm³/mol. The Labute approximate surface area is 178 Å². The lowest BCUT2D eigenvalue weighted by atomic mass is 10.1. The summed E-state index contributed by atoms with van der Waals surface area (Å²) in [5.41, 5.74) is 6.08. The molecule has 0 aliphatic carbocycles. The number of nitrogens with zero attached hydrogens (tertiary/aromatic N) is 2. The van der Waals surface area contributed by atoms with Crippen LogP contribution in [0.4, 0.5) is 5.69 Å². The van der Waals surface area contributed by atoms with Crippen LogP contribution in [0.1, 0.15) is 42.3 Å². The number of carbonyl (C=O) groups excluding carboxylic acids is 1. The average molecular weight is 398 g/mol. The molecule has 0 spiro atoms. The molecule has 0 bridgehead atoms. The zero-order chi connectivity index (χ0) is 21.5. The normalized spacial score (nSPS) is 11.2. The summed E-state index contributed by atoms with van der Waals surface area (Å²) < 4.78 is 2.15. The molecule has 3 aromatic rings. The van der Waals surface area contributed by atoms with Crippen LogP contribution < -0.4 is 5.32 Å². The van der Waals surface area contributed by atoms with E-state index in [-0.39, 0.29) is 5.57 Å². The number of anilines is 1. The first-order valence-corrected chi connectivity index (χ1v) is 10.3. The molecule has 0 atom stereocenters. The Bertz CT molecular complexity index is 1080. The summed E-state index contributed by atoms with van der Waals surface area (Å²) in [6.45, 7) is 6.24. The van der Waals surface area contributed by atoms with Gasteiger partial charge in [-0.2, -0.15) is 5.26 Å². The van der Waals surface area contributed by atoms with Crippen LogP contribution in [0.5, 0.6) is 0 Å². The monoisotopic (exact) mass is 397 g/mol. The molecule has 3 rings (SSSR count). The minimum Gasteiger partial charge on any atom is -0.321 e. The molecule has 0 saturated carbocycles. The van der Waals surface area contributed by atoms with Crippen LogP contribution in [0, 0.1) is 25.2 Å². The van der Waals surface area contributed by atoms with Crippen molar-refractivity contribution in [1.29, 1.82) is 5.26 Å². The summed E-state index contributed by atoms with van der Waals surface area (Å²) in [7, 11) is 0. The number of hydrogen-bond acceptors (Lipinski definition) is 2. The van der Waals surface area contributed by atoms with Crippen LogP contribution >= 0.6 is 0 Å². The van der Waals surface area contributed by atoms with Gasteiger partial charge in [0, 0.05) is 22.8 Å². The number of amides is 1. The summed E-state index contributed by atoms with van der Waals surface area (Å²) in [6.07, 6.45) is 5.13. The smallest absolute Gasteiger partial charge is 0.266 e. The molecule has 0 unspecified atom stereocenters. The highest BCUT2D eigenvalue weighted by Gasteiger charge is 2.14. The molecule has 4 nitrogen and oxygen atoms in total. The number of unbranched alkanes of at least 4 members (excludes halogenated alkanes) is 1. The van der Waals surface area contributed by atoms with Gasteiger partial charge in [0.2, 0.25) is 0 Å². The van der Waals surface area contributed by atoms with Crippen molar-refractivity contribution in [2.75, 3.05) is 5.32 Å². The molecule has 0 aliphatic rings. The van der Waals surface area contributed by atoms with Crippen LogP contribution in [-0.4, -0.2) is 10.5 Å². The summed E-state index contributed by atoms with van der Waals surface area (Å²) >= 11 is 0. The number of rotatable bonds is 7. The Kier molecular flexibility index (Phi) is 6.87. The standard InChI is InChI=1S/C26H27N3O/c1-4-5-9-21-12-14-25(15-13-21)29-19(2)16-22(20(29)3)17-23(18-27)26(30)28-24-10-7-6-8-11-24/h6-8,10-17H,4-5,9H2,1-3H3,(H,28,30)/b23-17-. The third kappa shape index (κ3) is 4.87. The van der Waals surface area contributed by atoms with E-state index in [1.807, 2.05) is 44.2 Å². The van der Waals surface area contributed by atoms with E-state index in [0.717, 1.165) is 29.1 Å². The third-order valence-corrected chi connectivity index (χ3v) is 5.18. The number of hydrogen-bond donors (Lipinski definition) is 1. The van der Waals surface area contributed by atoms with Crippen LogP contribution in [0.25, 0.3) is 11.8 Å². The van der Waals surface area contributed by atoms with Gasteiger partial charge in [0.1, 0.15) is 11.6 Å². The van der Waals surface area contributed by atoms with Crippen molar-refractivity contribution in [3.8, 4) is 11.8 Å². The lowest BCUT2D eigenvalue weighted by Crippen LogP contribution is -2.13. The van der Waals surface area contributed by atoms with E-state index in [0.29, 0.717) is 5.69 Å². The molecule has 30 heavy (non-hydrogen) atoms. The molecule has 0 saturated heterocycles. The van der Waals surface area contributed by atoms with E-state index in [9.17, 15) is 10.1 Å². The van der Waals surface area contributed by atoms with Gasteiger partial charge in [0.15, 0.2) is 0 Å². The van der Waals surface area contributed by atoms with Gasteiger partial charge >= 0.3 is 0 Å². The second-order valence-electron chi connectivity index (χ2n) is 7.42. The molecular weight excluding hydrogens is 370 g/mol. The maximum atomic E-state index is 12.5. The maximum absolute atomic E-state index is 12.5. The Hall–Kier alpha value is -3.58. The minimum absolute atomic E-state index is 0.0778. The second kappa shape index (κ2) is 9.76. The van der Waals surface area contributed by atoms with Crippen molar-refractivity contribution in [3.05, 3.63) is 88.8 Å². The summed E-state index contributed by atoms with van der Waals surface area (Å²) in [4.78, 5) is 12.5.